The van der Waals surface area contributed by atoms with Gasteiger partial charge in [0, 0.05) is 12.6 Å². The van der Waals surface area contributed by atoms with E-state index in [4.69, 9.17) is 15.1 Å². The molecule has 7 heteroatoms. The Bertz CT molecular complexity index is 229. The van der Waals surface area contributed by atoms with E-state index in [1.807, 2.05) is 0 Å². The summed E-state index contributed by atoms with van der Waals surface area (Å²) in [4.78, 5) is 29.5. The van der Waals surface area contributed by atoms with Crippen LogP contribution < -0.4 is 0 Å². The molecule has 0 rings (SSSR count). The van der Waals surface area contributed by atoms with Crippen molar-refractivity contribution in [1.29, 1.82) is 0 Å². The SMILES string of the molecule is O=C(O)CCC(C[PH](O)=S)C(=O)O. The minimum Gasteiger partial charge on any atom is -0.481 e. The number of hydrogen-bond acceptors (Lipinski definition) is 3. The zero-order chi connectivity index (χ0) is 10.4. The second-order valence-corrected chi connectivity index (χ2v) is 5.17. The highest BCUT2D eigenvalue weighted by atomic mass is 32.4. The predicted molar refractivity (Wildman–Crippen MR) is 50.8 cm³/mol. The highest BCUT2D eigenvalue weighted by molar-refractivity contribution is 8.02. The largest absolute Gasteiger partial charge is 0.481 e. The lowest BCUT2D eigenvalue weighted by Gasteiger charge is -2.08. The highest BCUT2D eigenvalue weighted by Crippen LogP contribution is 2.22. The van der Waals surface area contributed by atoms with Gasteiger partial charge in [-0.05, 0) is 6.42 Å². The molecule has 3 N–H and O–H groups in total. The van der Waals surface area contributed by atoms with Crippen LogP contribution in [0.4, 0.5) is 0 Å². The fraction of sp³-hybridized carbons (Fsp3) is 0.667. The fourth-order valence-electron chi connectivity index (χ4n) is 0.821. The van der Waals surface area contributed by atoms with Crippen LogP contribution >= 0.6 is 6.92 Å². The van der Waals surface area contributed by atoms with Gasteiger partial charge in [-0.3, -0.25) is 9.59 Å². The van der Waals surface area contributed by atoms with E-state index in [1.54, 1.807) is 0 Å². The molecule has 0 aliphatic heterocycles. The van der Waals surface area contributed by atoms with E-state index < -0.39 is 24.8 Å². The van der Waals surface area contributed by atoms with Crippen molar-refractivity contribution in [2.45, 2.75) is 12.8 Å². The first kappa shape index (κ1) is 12.6. The first-order valence-corrected chi connectivity index (χ1v) is 6.38. The van der Waals surface area contributed by atoms with Gasteiger partial charge in [-0.25, -0.2) is 0 Å². The maximum Gasteiger partial charge on any atom is 0.306 e. The zero-order valence-electron chi connectivity index (χ0n) is 6.77. The van der Waals surface area contributed by atoms with Gasteiger partial charge < -0.3 is 15.1 Å². The summed E-state index contributed by atoms with van der Waals surface area (Å²) in [6.07, 6.45) is -0.167. The van der Waals surface area contributed by atoms with Crippen molar-refractivity contribution in [1.82, 2.24) is 0 Å². The molecule has 0 saturated heterocycles. The maximum absolute atomic E-state index is 10.5. The van der Waals surface area contributed by atoms with Crippen molar-refractivity contribution in [3.05, 3.63) is 0 Å². The second kappa shape index (κ2) is 6.07. The van der Waals surface area contributed by atoms with Crippen molar-refractivity contribution >= 4 is 30.7 Å². The van der Waals surface area contributed by atoms with E-state index >= 15 is 0 Å². The summed E-state index contributed by atoms with van der Waals surface area (Å²) < 4.78 is 0. The van der Waals surface area contributed by atoms with Gasteiger partial charge in [0.25, 0.3) is 0 Å². The van der Waals surface area contributed by atoms with E-state index in [-0.39, 0.29) is 19.0 Å². The molecule has 5 nitrogen and oxygen atoms in total. The third-order valence-corrected chi connectivity index (χ3v) is 2.82. The van der Waals surface area contributed by atoms with Crippen molar-refractivity contribution in [2.24, 2.45) is 5.92 Å². The van der Waals surface area contributed by atoms with Crippen LogP contribution in [0.3, 0.4) is 0 Å². The van der Waals surface area contributed by atoms with Crippen LogP contribution in [-0.2, 0) is 21.4 Å². The van der Waals surface area contributed by atoms with Crippen molar-refractivity contribution in [3.8, 4) is 0 Å². The Labute approximate surface area is 80.9 Å². The van der Waals surface area contributed by atoms with Crippen LogP contribution in [-0.4, -0.2) is 33.2 Å². The number of carbonyl (C=O) groups is 2. The summed E-state index contributed by atoms with van der Waals surface area (Å²) in [5.74, 6) is -2.96. The monoisotopic (exact) mass is 226 g/mol. The third kappa shape index (κ3) is 6.69. The van der Waals surface area contributed by atoms with Crippen LogP contribution in [0.2, 0.25) is 0 Å². The van der Waals surface area contributed by atoms with Crippen molar-refractivity contribution in [2.75, 3.05) is 6.16 Å². The van der Waals surface area contributed by atoms with Crippen molar-refractivity contribution in [3.63, 3.8) is 0 Å². The van der Waals surface area contributed by atoms with Crippen LogP contribution in [0.5, 0.6) is 0 Å². The highest BCUT2D eigenvalue weighted by Gasteiger charge is 2.19. The number of carboxylic acid groups (broad SMARTS) is 2. The van der Waals surface area contributed by atoms with E-state index in [2.05, 4.69) is 11.8 Å². The van der Waals surface area contributed by atoms with E-state index in [9.17, 15) is 9.59 Å². The molecule has 0 aliphatic carbocycles. The lowest BCUT2D eigenvalue weighted by Crippen LogP contribution is -2.17. The molecule has 2 atom stereocenters. The first-order valence-electron chi connectivity index (χ1n) is 3.60. The Morgan fingerprint density at radius 1 is 1.38 bits per heavy atom. The molecule has 0 aromatic carbocycles. The average Bonchev–Trinajstić information content (AvgIpc) is 1.96. The van der Waals surface area contributed by atoms with Crippen molar-refractivity contribution < 1.29 is 24.7 Å². The molecule has 0 radical (unpaired) electrons. The lowest BCUT2D eigenvalue weighted by atomic mass is 10.1. The molecular weight excluding hydrogens is 215 g/mol. The van der Waals surface area contributed by atoms with Gasteiger partial charge in [-0.2, -0.15) is 0 Å². The minimum atomic E-state index is -2.02. The minimum absolute atomic E-state index is 0.0165. The number of hydrogen-bond donors (Lipinski definition) is 3. The van der Waals surface area contributed by atoms with Gasteiger partial charge in [0.2, 0.25) is 0 Å². The summed E-state index contributed by atoms with van der Waals surface area (Å²) in [6, 6.07) is 0. The number of carboxylic acids is 2. The van der Waals surface area contributed by atoms with E-state index in [1.165, 1.54) is 0 Å². The molecule has 0 bridgehead atoms. The summed E-state index contributed by atoms with van der Waals surface area (Å²) in [6.45, 7) is -2.02. The normalized spacial score (nSPS) is 14.8. The molecule has 0 aromatic heterocycles. The number of rotatable bonds is 6. The molecule has 0 aliphatic rings. The molecule has 0 heterocycles. The van der Waals surface area contributed by atoms with E-state index in [0.717, 1.165) is 0 Å². The summed E-state index contributed by atoms with van der Waals surface area (Å²) in [7, 11) is 0. The Kier molecular flexibility index (Phi) is 5.86. The van der Waals surface area contributed by atoms with E-state index in [0.29, 0.717) is 0 Å². The van der Waals surface area contributed by atoms with Gasteiger partial charge in [0.15, 0.2) is 0 Å². The summed E-state index contributed by atoms with van der Waals surface area (Å²) >= 11 is 4.50. The standard InChI is InChI=1S/C6H11O5PS/c7-5(8)2-1-4(6(9)10)3-12(11)13/h4,12H,1-3H2,(H,7,8)(H,9,10)(H,11,13). The third-order valence-electron chi connectivity index (χ3n) is 1.48. The molecule has 76 valence electrons. The maximum atomic E-state index is 10.5. The Morgan fingerprint density at radius 2 is 1.92 bits per heavy atom. The Balaban J connectivity index is 4.02. The van der Waals surface area contributed by atoms with Gasteiger partial charge in [-0.15, -0.1) is 0 Å². The van der Waals surface area contributed by atoms with Gasteiger partial charge in [-0.1, -0.05) is 11.8 Å². The van der Waals surface area contributed by atoms with Gasteiger partial charge in [0.05, 0.1) is 12.8 Å². The van der Waals surface area contributed by atoms with Gasteiger partial charge >= 0.3 is 11.9 Å². The molecule has 0 saturated carbocycles. The average molecular weight is 226 g/mol. The van der Waals surface area contributed by atoms with Crippen LogP contribution in [0, 0.1) is 5.92 Å². The first-order chi connectivity index (χ1) is 5.93. The predicted octanol–water partition coefficient (Wildman–Crippen LogP) is 0.135. The summed E-state index contributed by atoms with van der Waals surface area (Å²) in [5, 5.41) is 16.9. The topological polar surface area (TPSA) is 94.8 Å². The molecule has 2 unspecified atom stereocenters. The van der Waals surface area contributed by atoms with Gasteiger partial charge in [0.1, 0.15) is 0 Å². The molecule has 0 aromatic rings. The molecule has 0 spiro atoms. The Morgan fingerprint density at radius 3 is 2.23 bits per heavy atom. The lowest BCUT2D eigenvalue weighted by molar-refractivity contribution is -0.142. The zero-order valence-corrected chi connectivity index (χ0v) is 8.58. The van der Waals surface area contributed by atoms with Crippen LogP contribution in [0.15, 0.2) is 0 Å². The summed E-state index contributed by atoms with van der Waals surface area (Å²) in [5.41, 5.74) is 0. The number of aliphatic carboxylic acids is 2. The smallest absolute Gasteiger partial charge is 0.306 e. The quantitative estimate of drug-likeness (QED) is 0.557. The molecular formula is C6H11O5PS. The molecule has 13 heavy (non-hydrogen) atoms. The Hall–Kier alpha value is -0.450. The molecule has 0 amide bonds. The second-order valence-electron chi connectivity index (χ2n) is 2.57. The fourth-order valence-corrected chi connectivity index (χ4v) is 2.23. The molecule has 0 fully saturated rings. The van der Waals surface area contributed by atoms with Crippen LogP contribution in [0.1, 0.15) is 12.8 Å². The van der Waals surface area contributed by atoms with Crippen LogP contribution in [0.25, 0.3) is 0 Å².